The summed E-state index contributed by atoms with van der Waals surface area (Å²) in [6, 6.07) is 4.04. The Morgan fingerprint density at radius 1 is 1.39 bits per heavy atom. The van der Waals surface area contributed by atoms with E-state index in [4.69, 9.17) is 21.1 Å². The third-order valence-corrected chi connectivity index (χ3v) is 4.28. The van der Waals surface area contributed by atoms with Crippen LogP contribution >= 0.6 is 0 Å². The molecule has 0 bridgehead atoms. The third-order valence-electron chi connectivity index (χ3n) is 4.28. The van der Waals surface area contributed by atoms with Crippen LogP contribution in [-0.4, -0.2) is 25.5 Å². The summed E-state index contributed by atoms with van der Waals surface area (Å²) >= 11 is 0. The van der Waals surface area contributed by atoms with Crippen LogP contribution in [0.1, 0.15) is 44.2 Å². The number of nitrogens with zero attached hydrogens (tertiary/aromatic N) is 1. The van der Waals surface area contributed by atoms with Gasteiger partial charge in [-0.3, -0.25) is 5.01 Å². The minimum absolute atomic E-state index is 0.0719. The van der Waals surface area contributed by atoms with Gasteiger partial charge in [-0.05, 0) is 37.0 Å². The van der Waals surface area contributed by atoms with Gasteiger partial charge in [0.1, 0.15) is 0 Å². The lowest BCUT2D eigenvalue weighted by Gasteiger charge is -2.23. The smallest absolute Gasteiger partial charge is 0.399 e. The van der Waals surface area contributed by atoms with Crippen LogP contribution in [0.3, 0.4) is 0 Å². The van der Waals surface area contributed by atoms with Crippen molar-refractivity contribution in [3.63, 3.8) is 0 Å². The maximum atomic E-state index is 13.4. The number of ether oxygens (including phenoxy) is 2. The quantitative estimate of drug-likeness (QED) is 0.457. The number of anilines is 1. The predicted molar refractivity (Wildman–Crippen MR) is 102 cm³/mol. The van der Waals surface area contributed by atoms with Gasteiger partial charge in [-0.15, -0.1) is 0 Å². The van der Waals surface area contributed by atoms with E-state index in [2.05, 4.69) is 5.32 Å². The van der Waals surface area contributed by atoms with Crippen LogP contribution in [0.2, 0.25) is 0 Å². The van der Waals surface area contributed by atoms with Crippen molar-refractivity contribution in [3.8, 4) is 0 Å². The fraction of sp³-hybridized carbons (Fsp3) is 0.579. The number of nitrogens with one attached hydrogen (secondary N) is 1. The molecular weight excluding hydrogens is 373 g/mol. The fourth-order valence-corrected chi connectivity index (χ4v) is 2.78. The van der Waals surface area contributed by atoms with E-state index in [1.54, 1.807) is 0 Å². The van der Waals surface area contributed by atoms with Crippen molar-refractivity contribution in [2.75, 3.05) is 18.2 Å². The number of nitrogens with two attached hydrogens (primary N) is 2. The Kier molecular flexibility index (Phi) is 8.11. The highest BCUT2D eigenvalue weighted by atomic mass is 19.4. The Balaban J connectivity index is 2.07. The van der Waals surface area contributed by atoms with Gasteiger partial charge < -0.3 is 20.5 Å². The van der Waals surface area contributed by atoms with Crippen molar-refractivity contribution in [2.24, 2.45) is 11.6 Å². The Morgan fingerprint density at radius 2 is 2.14 bits per heavy atom. The Hall–Kier alpha value is -1.81. The van der Waals surface area contributed by atoms with E-state index in [1.807, 2.05) is 13.8 Å². The fourth-order valence-electron chi connectivity index (χ4n) is 2.78. The zero-order chi connectivity index (χ0) is 20.7. The molecule has 158 valence electrons. The largest absolute Gasteiger partial charge is 0.416 e. The van der Waals surface area contributed by atoms with Crippen molar-refractivity contribution >= 4 is 5.69 Å². The second-order valence-corrected chi connectivity index (χ2v) is 7.09. The molecule has 9 heteroatoms. The molecule has 0 radical (unpaired) electrons. The van der Waals surface area contributed by atoms with Crippen molar-refractivity contribution in [3.05, 3.63) is 41.2 Å². The van der Waals surface area contributed by atoms with Crippen molar-refractivity contribution < 1.29 is 22.6 Å². The predicted octanol–water partition coefficient (Wildman–Crippen LogP) is 3.23. The van der Waals surface area contributed by atoms with Crippen LogP contribution in [-0.2, 0) is 22.2 Å². The van der Waals surface area contributed by atoms with Gasteiger partial charge in [0.2, 0.25) is 0 Å². The van der Waals surface area contributed by atoms with E-state index in [-0.39, 0.29) is 42.4 Å². The van der Waals surface area contributed by atoms with Crippen molar-refractivity contribution in [2.45, 2.75) is 58.2 Å². The molecule has 1 heterocycles. The van der Waals surface area contributed by atoms with Gasteiger partial charge >= 0.3 is 6.18 Å². The van der Waals surface area contributed by atoms with Crippen LogP contribution in [0, 0.1) is 0 Å². The summed E-state index contributed by atoms with van der Waals surface area (Å²) in [6.45, 7) is 4.59. The number of hydrogen-bond donors (Lipinski definition) is 3. The van der Waals surface area contributed by atoms with Gasteiger partial charge in [0.25, 0.3) is 0 Å². The molecule has 6 nitrogen and oxygen atoms in total. The molecule has 1 aromatic rings. The molecule has 1 unspecified atom stereocenters. The summed E-state index contributed by atoms with van der Waals surface area (Å²) in [5, 5.41) is 4.06. The van der Waals surface area contributed by atoms with Crippen LogP contribution in [0.25, 0.3) is 0 Å². The molecule has 0 amide bonds. The molecule has 1 aliphatic rings. The molecule has 0 aromatic heterocycles. The molecule has 1 aromatic carbocycles. The summed E-state index contributed by atoms with van der Waals surface area (Å²) < 4.78 is 51.3. The molecule has 0 spiro atoms. The molecule has 1 atom stereocenters. The molecule has 0 saturated carbocycles. The maximum absolute atomic E-state index is 13.4. The number of rotatable bonds is 8. The number of hydrazine groups is 1. The van der Waals surface area contributed by atoms with Gasteiger partial charge in [-0.1, -0.05) is 19.9 Å². The molecule has 1 saturated heterocycles. The summed E-state index contributed by atoms with van der Waals surface area (Å²) in [4.78, 5) is 0. The number of halogens is 3. The zero-order valence-electron chi connectivity index (χ0n) is 16.3. The lowest BCUT2D eigenvalue weighted by Crippen LogP contribution is -2.29. The third kappa shape index (κ3) is 6.97. The highest BCUT2D eigenvalue weighted by Gasteiger charge is 2.33. The monoisotopic (exact) mass is 402 g/mol. The summed E-state index contributed by atoms with van der Waals surface area (Å²) in [5.74, 6) is 5.90. The number of benzene rings is 1. The first kappa shape index (κ1) is 22.5. The highest BCUT2D eigenvalue weighted by Crippen LogP contribution is 2.34. The topological polar surface area (TPSA) is 85.8 Å². The molecule has 5 N–H and O–H groups in total. The molecule has 0 aliphatic carbocycles. The minimum Gasteiger partial charge on any atom is -0.399 e. The SMILES string of the molecule is CC(C)NCc1ccc(N(N)/C=C(\N)COC2CCCCO2)cc1C(F)(F)F. The molecule has 28 heavy (non-hydrogen) atoms. The first-order chi connectivity index (χ1) is 13.2. The van der Waals surface area contributed by atoms with Gasteiger partial charge in [0.05, 0.1) is 23.6 Å². The lowest BCUT2D eigenvalue weighted by atomic mass is 10.1. The average Bonchev–Trinajstić information content (AvgIpc) is 2.64. The Labute approximate surface area is 163 Å². The van der Waals surface area contributed by atoms with E-state index in [9.17, 15) is 13.2 Å². The van der Waals surface area contributed by atoms with E-state index in [0.717, 1.165) is 30.3 Å². The van der Waals surface area contributed by atoms with E-state index < -0.39 is 11.7 Å². The summed E-state index contributed by atoms with van der Waals surface area (Å²) in [6.07, 6.45) is -0.620. The second-order valence-electron chi connectivity index (χ2n) is 7.09. The van der Waals surface area contributed by atoms with Crippen molar-refractivity contribution in [1.82, 2.24) is 5.32 Å². The lowest BCUT2D eigenvalue weighted by molar-refractivity contribution is -0.157. The molecule has 1 aliphatic heterocycles. The van der Waals surface area contributed by atoms with Gasteiger partial charge in [0.15, 0.2) is 6.29 Å². The summed E-state index contributed by atoms with van der Waals surface area (Å²) in [7, 11) is 0. The number of hydrogen-bond acceptors (Lipinski definition) is 6. The zero-order valence-corrected chi connectivity index (χ0v) is 16.3. The average molecular weight is 402 g/mol. The first-order valence-corrected chi connectivity index (χ1v) is 9.33. The van der Waals surface area contributed by atoms with E-state index in [0.29, 0.717) is 6.61 Å². The van der Waals surface area contributed by atoms with Crippen LogP contribution in [0.15, 0.2) is 30.1 Å². The standard InChI is InChI=1S/C19H29F3N4O2/c1-13(2)25-10-14-6-7-16(9-17(14)19(20,21)22)26(24)11-15(23)12-28-18-5-3-4-8-27-18/h6-7,9,11,13,18,25H,3-5,8,10,12,23-24H2,1-2H3/b15-11-. The second kappa shape index (κ2) is 10.1. The molecule has 1 fully saturated rings. The normalized spacial score (nSPS) is 18.5. The van der Waals surface area contributed by atoms with Crippen LogP contribution in [0.5, 0.6) is 0 Å². The van der Waals surface area contributed by atoms with Crippen LogP contribution in [0.4, 0.5) is 18.9 Å². The highest BCUT2D eigenvalue weighted by molar-refractivity contribution is 5.53. The van der Waals surface area contributed by atoms with Crippen LogP contribution < -0.4 is 21.9 Å². The van der Waals surface area contributed by atoms with Crippen molar-refractivity contribution in [1.29, 1.82) is 0 Å². The first-order valence-electron chi connectivity index (χ1n) is 9.33. The number of alkyl halides is 3. The maximum Gasteiger partial charge on any atom is 0.416 e. The molecular formula is C19H29F3N4O2. The Bertz CT molecular complexity index is 659. The van der Waals surface area contributed by atoms with E-state index >= 15 is 0 Å². The van der Waals surface area contributed by atoms with Gasteiger partial charge in [-0.2, -0.15) is 13.2 Å². The van der Waals surface area contributed by atoms with E-state index in [1.165, 1.54) is 18.3 Å². The van der Waals surface area contributed by atoms with Gasteiger partial charge in [0, 0.05) is 25.4 Å². The van der Waals surface area contributed by atoms with Gasteiger partial charge in [-0.25, -0.2) is 5.84 Å². The Morgan fingerprint density at radius 3 is 2.75 bits per heavy atom. The minimum atomic E-state index is -4.48. The summed E-state index contributed by atoms with van der Waals surface area (Å²) in [5.41, 5.74) is 5.79. The molecule has 2 rings (SSSR count).